The van der Waals surface area contributed by atoms with Gasteiger partial charge < -0.3 is 10.6 Å². The summed E-state index contributed by atoms with van der Waals surface area (Å²) < 4.78 is 0. The van der Waals surface area contributed by atoms with Gasteiger partial charge in [0.1, 0.15) is 0 Å². The summed E-state index contributed by atoms with van der Waals surface area (Å²) in [5.74, 6) is 2.60. The Balaban J connectivity index is 1.88. The maximum absolute atomic E-state index is 11.5. The van der Waals surface area contributed by atoms with E-state index in [1.165, 1.54) is 0 Å². The number of nitrogens with one attached hydrogen (secondary N) is 2. The van der Waals surface area contributed by atoms with Gasteiger partial charge in [-0.15, -0.1) is 12.3 Å². The Morgan fingerprint density at radius 3 is 2.29 bits per heavy atom. The summed E-state index contributed by atoms with van der Waals surface area (Å²) in [6.07, 6.45) is 9.79. The minimum atomic E-state index is -0.311. The predicted octanol–water partition coefficient (Wildman–Crippen LogP) is 1.76. The molecule has 1 aliphatic heterocycles. The largest absolute Gasteiger partial charge is 0.356 e. The zero-order valence-electron chi connectivity index (χ0n) is 12.7. The molecule has 0 aromatic rings. The Hall–Kier alpha value is -1.90. The maximum atomic E-state index is 11.5. The van der Waals surface area contributed by atoms with Crippen molar-refractivity contribution in [2.24, 2.45) is 10.2 Å². The van der Waals surface area contributed by atoms with Crippen molar-refractivity contribution in [3.05, 3.63) is 0 Å². The van der Waals surface area contributed by atoms with E-state index in [9.17, 15) is 9.59 Å². The van der Waals surface area contributed by atoms with Crippen LogP contribution < -0.4 is 10.6 Å². The molecule has 0 unspecified atom stereocenters. The molecule has 21 heavy (non-hydrogen) atoms. The molecule has 2 N–H and O–H groups in total. The van der Waals surface area contributed by atoms with Crippen molar-refractivity contribution in [1.82, 2.24) is 10.6 Å². The third-order valence-corrected chi connectivity index (χ3v) is 3.24. The zero-order valence-corrected chi connectivity index (χ0v) is 12.7. The average Bonchev–Trinajstić information content (AvgIpc) is 3.19. The molecule has 6 heteroatoms. The second kappa shape index (κ2) is 9.11. The zero-order chi connectivity index (χ0) is 15.6. The molecule has 0 fully saturated rings. The van der Waals surface area contributed by atoms with Crippen molar-refractivity contribution in [2.75, 3.05) is 13.1 Å². The summed E-state index contributed by atoms with van der Waals surface area (Å²) in [4.78, 5) is 23.0. The van der Waals surface area contributed by atoms with Crippen LogP contribution in [0.2, 0.25) is 0 Å². The summed E-state index contributed by atoms with van der Waals surface area (Å²) in [5.41, 5.74) is -0.311. The first kappa shape index (κ1) is 17.2. The fraction of sp³-hybridized carbons (Fsp3) is 0.733. The summed E-state index contributed by atoms with van der Waals surface area (Å²) >= 11 is 0. The SMILES string of the molecule is C#CCCCNC(=O)CCCCNC(=O)CCC1(C)N=N1. The fourth-order valence-electron chi connectivity index (χ4n) is 1.77. The van der Waals surface area contributed by atoms with E-state index in [1.54, 1.807) is 0 Å². The second-order valence-electron chi connectivity index (χ2n) is 5.38. The lowest BCUT2D eigenvalue weighted by Gasteiger charge is -2.07. The molecular weight excluding hydrogens is 268 g/mol. The van der Waals surface area contributed by atoms with E-state index in [4.69, 9.17) is 6.42 Å². The lowest BCUT2D eigenvalue weighted by atomic mass is 10.1. The van der Waals surface area contributed by atoms with Crippen LogP contribution in [0.4, 0.5) is 0 Å². The Morgan fingerprint density at radius 2 is 1.67 bits per heavy atom. The average molecular weight is 292 g/mol. The van der Waals surface area contributed by atoms with Gasteiger partial charge in [0.05, 0.1) is 0 Å². The van der Waals surface area contributed by atoms with Gasteiger partial charge in [-0.1, -0.05) is 0 Å². The van der Waals surface area contributed by atoms with Gasteiger partial charge in [0.15, 0.2) is 5.66 Å². The van der Waals surface area contributed by atoms with E-state index in [2.05, 4.69) is 26.8 Å². The summed E-state index contributed by atoms with van der Waals surface area (Å²) in [6.45, 7) is 3.14. The molecule has 0 saturated heterocycles. The van der Waals surface area contributed by atoms with Crippen molar-refractivity contribution < 1.29 is 9.59 Å². The first-order valence-corrected chi connectivity index (χ1v) is 7.47. The molecule has 0 atom stereocenters. The predicted molar refractivity (Wildman–Crippen MR) is 80.4 cm³/mol. The van der Waals surface area contributed by atoms with Gasteiger partial charge in [-0.25, -0.2) is 0 Å². The molecular formula is C15H24N4O2. The van der Waals surface area contributed by atoms with Crippen LogP contribution in [-0.4, -0.2) is 30.6 Å². The molecule has 1 aliphatic rings. The molecule has 1 heterocycles. The third kappa shape index (κ3) is 8.79. The Labute approximate surface area is 126 Å². The highest BCUT2D eigenvalue weighted by molar-refractivity contribution is 5.76. The number of unbranched alkanes of at least 4 members (excludes halogenated alkanes) is 2. The van der Waals surface area contributed by atoms with E-state index in [1.807, 2.05) is 6.92 Å². The molecule has 116 valence electrons. The summed E-state index contributed by atoms with van der Waals surface area (Å²) in [7, 11) is 0. The van der Waals surface area contributed by atoms with Crippen LogP contribution in [0.5, 0.6) is 0 Å². The minimum absolute atomic E-state index is 0.0206. The van der Waals surface area contributed by atoms with Crippen molar-refractivity contribution in [3.63, 3.8) is 0 Å². The number of hydrogen-bond acceptors (Lipinski definition) is 4. The first-order chi connectivity index (χ1) is 10.1. The number of rotatable bonds is 11. The van der Waals surface area contributed by atoms with Crippen LogP contribution in [0.1, 0.15) is 51.9 Å². The molecule has 0 aromatic carbocycles. The molecule has 0 radical (unpaired) electrons. The summed E-state index contributed by atoms with van der Waals surface area (Å²) in [6, 6.07) is 0. The van der Waals surface area contributed by atoms with Crippen molar-refractivity contribution in [2.45, 2.75) is 57.5 Å². The van der Waals surface area contributed by atoms with Crippen molar-refractivity contribution in [3.8, 4) is 12.3 Å². The normalized spacial score (nSPS) is 14.3. The highest BCUT2D eigenvalue weighted by Gasteiger charge is 2.33. The van der Waals surface area contributed by atoms with Crippen molar-refractivity contribution >= 4 is 11.8 Å². The van der Waals surface area contributed by atoms with Gasteiger partial charge in [-0.3, -0.25) is 9.59 Å². The summed E-state index contributed by atoms with van der Waals surface area (Å²) in [5, 5.41) is 13.4. The standard InChI is InChI=1S/C15H24N4O2/c1-3-4-6-11-16-13(20)8-5-7-12-17-14(21)9-10-15(2)18-19-15/h1H,4-12H2,2H3,(H,16,20)(H,17,21). The van der Waals surface area contributed by atoms with E-state index in [0.29, 0.717) is 38.8 Å². The first-order valence-electron chi connectivity index (χ1n) is 7.47. The monoisotopic (exact) mass is 292 g/mol. The van der Waals surface area contributed by atoms with Crippen LogP contribution >= 0.6 is 0 Å². The molecule has 0 spiro atoms. The van der Waals surface area contributed by atoms with Gasteiger partial charge in [0, 0.05) is 38.8 Å². The quantitative estimate of drug-likeness (QED) is 0.449. The van der Waals surface area contributed by atoms with Crippen LogP contribution in [0.15, 0.2) is 10.2 Å². The molecule has 0 saturated carbocycles. The van der Waals surface area contributed by atoms with Gasteiger partial charge in [0.25, 0.3) is 0 Å². The number of hydrogen-bond donors (Lipinski definition) is 2. The molecule has 0 aromatic heterocycles. The number of nitrogens with zero attached hydrogens (tertiary/aromatic N) is 2. The number of carbonyl (C=O) groups excluding carboxylic acids is 2. The van der Waals surface area contributed by atoms with Crippen LogP contribution in [0.3, 0.4) is 0 Å². The second-order valence-corrected chi connectivity index (χ2v) is 5.38. The van der Waals surface area contributed by atoms with E-state index in [-0.39, 0.29) is 17.5 Å². The molecule has 2 amide bonds. The van der Waals surface area contributed by atoms with E-state index in [0.717, 1.165) is 19.3 Å². The van der Waals surface area contributed by atoms with Crippen LogP contribution in [0.25, 0.3) is 0 Å². The fourth-order valence-corrected chi connectivity index (χ4v) is 1.77. The smallest absolute Gasteiger partial charge is 0.220 e. The molecule has 0 aliphatic carbocycles. The number of amides is 2. The van der Waals surface area contributed by atoms with Gasteiger partial charge >= 0.3 is 0 Å². The lowest BCUT2D eigenvalue weighted by Crippen LogP contribution is -2.26. The maximum Gasteiger partial charge on any atom is 0.220 e. The molecule has 1 rings (SSSR count). The van der Waals surface area contributed by atoms with Gasteiger partial charge in [0.2, 0.25) is 11.8 Å². The van der Waals surface area contributed by atoms with E-state index >= 15 is 0 Å². The Bertz CT molecular complexity index is 420. The lowest BCUT2D eigenvalue weighted by molar-refractivity contribution is -0.121. The number of carbonyl (C=O) groups is 2. The van der Waals surface area contributed by atoms with Crippen LogP contribution in [-0.2, 0) is 9.59 Å². The minimum Gasteiger partial charge on any atom is -0.356 e. The third-order valence-electron chi connectivity index (χ3n) is 3.24. The molecule has 0 bridgehead atoms. The molecule has 6 nitrogen and oxygen atoms in total. The Morgan fingerprint density at radius 1 is 1.05 bits per heavy atom. The van der Waals surface area contributed by atoms with Gasteiger partial charge in [-0.05, 0) is 26.2 Å². The highest BCUT2D eigenvalue weighted by atomic mass is 16.2. The van der Waals surface area contributed by atoms with E-state index < -0.39 is 0 Å². The van der Waals surface area contributed by atoms with Crippen molar-refractivity contribution in [1.29, 1.82) is 0 Å². The Kier molecular flexibility index (Phi) is 7.44. The highest BCUT2D eigenvalue weighted by Crippen LogP contribution is 2.31. The van der Waals surface area contributed by atoms with Crippen LogP contribution in [0, 0.1) is 12.3 Å². The topological polar surface area (TPSA) is 82.9 Å². The number of terminal acetylenes is 1. The van der Waals surface area contributed by atoms with Gasteiger partial charge in [-0.2, -0.15) is 10.2 Å².